The quantitative estimate of drug-likeness (QED) is 0.747. The van der Waals surface area contributed by atoms with Gasteiger partial charge in [0.05, 0.1) is 12.0 Å². The highest BCUT2D eigenvalue weighted by Crippen LogP contribution is 2.28. The van der Waals surface area contributed by atoms with Crippen molar-refractivity contribution in [1.82, 2.24) is 15.5 Å². The Bertz CT molecular complexity index is 504. The van der Waals surface area contributed by atoms with Crippen LogP contribution in [0.25, 0.3) is 0 Å². The molecule has 2 rings (SSSR count). The first-order valence-electron chi connectivity index (χ1n) is 7.96. The minimum absolute atomic E-state index is 0.00765. The average molecular weight is 303 g/mol. The van der Waals surface area contributed by atoms with Crippen LogP contribution in [0.5, 0.6) is 0 Å². The van der Waals surface area contributed by atoms with Crippen molar-refractivity contribution in [3.8, 4) is 0 Å². The van der Waals surface area contributed by atoms with Crippen molar-refractivity contribution < 1.29 is 9.59 Å². The molecule has 2 amide bonds. The van der Waals surface area contributed by atoms with Crippen LogP contribution in [-0.2, 0) is 9.59 Å². The van der Waals surface area contributed by atoms with Gasteiger partial charge in [-0.1, -0.05) is 37.3 Å². The molecular weight excluding hydrogens is 278 g/mol. The largest absolute Gasteiger partial charge is 0.355 e. The van der Waals surface area contributed by atoms with Gasteiger partial charge in [-0.15, -0.1) is 0 Å². The summed E-state index contributed by atoms with van der Waals surface area (Å²) in [5.74, 6) is -0.197. The first-order valence-corrected chi connectivity index (χ1v) is 7.96. The van der Waals surface area contributed by atoms with Crippen LogP contribution in [0.2, 0.25) is 0 Å². The summed E-state index contributed by atoms with van der Waals surface area (Å²) in [6, 6.07) is 9.94. The Morgan fingerprint density at radius 1 is 1.32 bits per heavy atom. The molecule has 1 aromatic carbocycles. The maximum atomic E-state index is 12.2. The maximum absolute atomic E-state index is 12.2. The molecule has 2 atom stereocenters. The number of hydrogen-bond donors (Lipinski definition) is 2. The Balaban J connectivity index is 1.89. The molecule has 5 nitrogen and oxygen atoms in total. The van der Waals surface area contributed by atoms with Crippen molar-refractivity contribution in [2.24, 2.45) is 5.92 Å². The smallest absolute Gasteiger partial charge is 0.225 e. The van der Waals surface area contributed by atoms with Crippen molar-refractivity contribution in [1.29, 1.82) is 0 Å². The molecule has 0 saturated carbocycles. The zero-order valence-corrected chi connectivity index (χ0v) is 13.3. The van der Waals surface area contributed by atoms with Crippen molar-refractivity contribution in [2.75, 3.05) is 26.2 Å². The molecule has 0 aliphatic carbocycles. The number of likely N-dealkylation sites (tertiary alicyclic amines) is 1. The molecule has 120 valence electrons. The SMILES string of the molecule is CCNCCNC(=O)C1CC(=O)N(C(C)c2ccccc2)C1. The zero-order chi connectivity index (χ0) is 15.9. The van der Waals surface area contributed by atoms with Crippen molar-refractivity contribution in [3.05, 3.63) is 35.9 Å². The predicted molar refractivity (Wildman–Crippen MR) is 86.2 cm³/mol. The van der Waals surface area contributed by atoms with Crippen LogP contribution < -0.4 is 10.6 Å². The van der Waals surface area contributed by atoms with Gasteiger partial charge in [0.1, 0.15) is 0 Å². The summed E-state index contributed by atoms with van der Waals surface area (Å²) in [7, 11) is 0. The van der Waals surface area contributed by atoms with Crippen molar-refractivity contribution >= 4 is 11.8 Å². The van der Waals surface area contributed by atoms with Gasteiger partial charge in [-0.05, 0) is 19.0 Å². The first kappa shape index (κ1) is 16.5. The van der Waals surface area contributed by atoms with Crippen LogP contribution in [0.1, 0.15) is 31.9 Å². The van der Waals surface area contributed by atoms with Crippen LogP contribution in [0.3, 0.4) is 0 Å². The molecule has 0 radical (unpaired) electrons. The average Bonchev–Trinajstić information content (AvgIpc) is 2.93. The van der Waals surface area contributed by atoms with E-state index in [1.54, 1.807) is 0 Å². The number of nitrogens with zero attached hydrogens (tertiary/aromatic N) is 1. The van der Waals surface area contributed by atoms with E-state index < -0.39 is 0 Å². The third-order valence-electron chi connectivity index (χ3n) is 4.13. The molecule has 1 aromatic rings. The van der Waals surface area contributed by atoms with Gasteiger partial charge in [-0.2, -0.15) is 0 Å². The van der Waals surface area contributed by atoms with Gasteiger partial charge < -0.3 is 15.5 Å². The van der Waals surface area contributed by atoms with Crippen molar-refractivity contribution in [2.45, 2.75) is 26.3 Å². The van der Waals surface area contributed by atoms with E-state index in [2.05, 4.69) is 10.6 Å². The molecule has 1 aliphatic heterocycles. The third-order valence-corrected chi connectivity index (χ3v) is 4.13. The molecule has 0 spiro atoms. The highest BCUT2D eigenvalue weighted by atomic mass is 16.2. The van der Waals surface area contributed by atoms with Gasteiger partial charge in [0.2, 0.25) is 11.8 Å². The van der Waals surface area contributed by atoms with Gasteiger partial charge in [0.15, 0.2) is 0 Å². The molecule has 22 heavy (non-hydrogen) atoms. The number of rotatable bonds is 7. The fraction of sp³-hybridized carbons (Fsp3) is 0.529. The standard InChI is InChI=1S/C17H25N3O2/c1-3-18-9-10-19-17(22)15-11-16(21)20(12-15)13(2)14-7-5-4-6-8-14/h4-8,13,15,18H,3,9-12H2,1-2H3,(H,19,22). The number of carbonyl (C=O) groups excluding carboxylic acids is 2. The van der Waals surface area contributed by atoms with E-state index in [1.807, 2.05) is 49.1 Å². The van der Waals surface area contributed by atoms with Gasteiger partial charge in [0.25, 0.3) is 0 Å². The lowest BCUT2D eigenvalue weighted by molar-refractivity contribution is -0.130. The minimum atomic E-state index is -0.236. The van der Waals surface area contributed by atoms with E-state index in [0.717, 1.165) is 18.7 Å². The van der Waals surface area contributed by atoms with Gasteiger partial charge in [-0.3, -0.25) is 9.59 Å². The molecule has 1 fully saturated rings. The third kappa shape index (κ3) is 4.07. The Kier molecular flexibility index (Phi) is 5.95. The lowest BCUT2D eigenvalue weighted by Crippen LogP contribution is -2.37. The highest BCUT2D eigenvalue weighted by Gasteiger charge is 2.36. The summed E-state index contributed by atoms with van der Waals surface area (Å²) in [5, 5.41) is 6.06. The van der Waals surface area contributed by atoms with E-state index in [1.165, 1.54) is 0 Å². The summed E-state index contributed by atoms with van der Waals surface area (Å²) in [6.45, 7) is 6.79. The van der Waals surface area contributed by atoms with Crippen LogP contribution >= 0.6 is 0 Å². The predicted octanol–water partition coefficient (Wildman–Crippen LogP) is 1.32. The normalized spacial score (nSPS) is 19.3. The van der Waals surface area contributed by atoms with Gasteiger partial charge >= 0.3 is 0 Å². The molecular formula is C17H25N3O2. The molecule has 1 aliphatic rings. The van der Waals surface area contributed by atoms with Gasteiger partial charge in [-0.25, -0.2) is 0 Å². The Morgan fingerprint density at radius 2 is 2.05 bits per heavy atom. The lowest BCUT2D eigenvalue weighted by atomic mass is 10.1. The fourth-order valence-electron chi connectivity index (χ4n) is 2.79. The molecule has 2 N–H and O–H groups in total. The first-order chi connectivity index (χ1) is 10.6. The second-order valence-corrected chi connectivity index (χ2v) is 5.68. The summed E-state index contributed by atoms with van der Waals surface area (Å²) >= 11 is 0. The fourth-order valence-corrected chi connectivity index (χ4v) is 2.79. The summed E-state index contributed by atoms with van der Waals surface area (Å²) in [4.78, 5) is 26.2. The monoisotopic (exact) mass is 303 g/mol. The van der Waals surface area contributed by atoms with E-state index in [4.69, 9.17) is 0 Å². The topological polar surface area (TPSA) is 61.4 Å². The number of amides is 2. The van der Waals surface area contributed by atoms with Crippen LogP contribution in [0.15, 0.2) is 30.3 Å². The van der Waals surface area contributed by atoms with E-state index in [9.17, 15) is 9.59 Å². The van der Waals surface area contributed by atoms with E-state index in [0.29, 0.717) is 19.5 Å². The number of benzene rings is 1. The van der Waals surface area contributed by atoms with Gasteiger partial charge in [0, 0.05) is 26.1 Å². The van der Waals surface area contributed by atoms with E-state index >= 15 is 0 Å². The van der Waals surface area contributed by atoms with Crippen molar-refractivity contribution in [3.63, 3.8) is 0 Å². The zero-order valence-electron chi connectivity index (χ0n) is 13.3. The lowest BCUT2D eigenvalue weighted by Gasteiger charge is -2.25. The number of likely N-dealkylation sites (N-methyl/N-ethyl adjacent to an activating group) is 1. The molecule has 1 heterocycles. The maximum Gasteiger partial charge on any atom is 0.225 e. The van der Waals surface area contributed by atoms with E-state index in [-0.39, 0.29) is 23.8 Å². The molecule has 1 saturated heterocycles. The van der Waals surface area contributed by atoms with Crippen LogP contribution in [-0.4, -0.2) is 42.9 Å². The van der Waals surface area contributed by atoms with Crippen LogP contribution in [0, 0.1) is 5.92 Å². The Labute approximate surface area is 132 Å². The second-order valence-electron chi connectivity index (χ2n) is 5.68. The Morgan fingerprint density at radius 3 is 2.73 bits per heavy atom. The molecule has 0 bridgehead atoms. The Hall–Kier alpha value is -1.88. The minimum Gasteiger partial charge on any atom is -0.355 e. The molecule has 0 aromatic heterocycles. The number of nitrogens with one attached hydrogen (secondary N) is 2. The molecule has 2 unspecified atom stereocenters. The summed E-state index contributed by atoms with van der Waals surface area (Å²) < 4.78 is 0. The van der Waals surface area contributed by atoms with Crippen LogP contribution in [0.4, 0.5) is 0 Å². The summed E-state index contributed by atoms with van der Waals surface area (Å²) in [5.41, 5.74) is 1.10. The molecule has 5 heteroatoms. The summed E-state index contributed by atoms with van der Waals surface area (Å²) in [6.07, 6.45) is 0.310. The number of carbonyl (C=O) groups is 2. The second kappa shape index (κ2) is 7.94. The number of hydrogen-bond acceptors (Lipinski definition) is 3. The highest BCUT2D eigenvalue weighted by molar-refractivity contribution is 5.89.